The Labute approximate surface area is 198 Å². The van der Waals surface area contributed by atoms with Crippen LogP contribution in [0.2, 0.25) is 0 Å². The van der Waals surface area contributed by atoms with Gasteiger partial charge in [0.2, 0.25) is 5.91 Å². The minimum absolute atomic E-state index is 0.154. The number of carbonyl (C=O) groups excluding carboxylic acids is 1. The zero-order chi connectivity index (χ0) is 24.5. The van der Waals surface area contributed by atoms with Crippen molar-refractivity contribution in [3.8, 4) is 11.5 Å². The third-order valence-electron chi connectivity index (χ3n) is 6.41. The number of fused-ring (bicyclic) bond motifs is 3. The van der Waals surface area contributed by atoms with E-state index in [1.807, 2.05) is 50.2 Å². The van der Waals surface area contributed by atoms with Gasteiger partial charge in [0, 0.05) is 11.6 Å². The number of carbonyl (C=O) groups is 1. The molecule has 1 aliphatic heterocycles. The molecule has 3 aromatic rings. The first-order chi connectivity index (χ1) is 16.2. The van der Waals surface area contributed by atoms with Crippen LogP contribution in [0.1, 0.15) is 42.5 Å². The van der Waals surface area contributed by atoms with Gasteiger partial charge in [0.25, 0.3) is 0 Å². The fourth-order valence-electron chi connectivity index (χ4n) is 4.55. The van der Waals surface area contributed by atoms with Gasteiger partial charge in [-0.2, -0.15) is 0 Å². The molecule has 7 heteroatoms. The molecule has 0 radical (unpaired) electrons. The predicted octanol–water partition coefficient (Wildman–Crippen LogP) is 3.48. The van der Waals surface area contributed by atoms with Gasteiger partial charge >= 0.3 is 5.63 Å². The van der Waals surface area contributed by atoms with Gasteiger partial charge < -0.3 is 24.3 Å². The lowest BCUT2D eigenvalue weighted by molar-refractivity contribution is -0.121. The topological polar surface area (TPSA) is 98.0 Å². The highest BCUT2D eigenvalue weighted by Gasteiger charge is 2.31. The molecule has 2 aromatic carbocycles. The van der Waals surface area contributed by atoms with E-state index in [1.54, 1.807) is 14.0 Å². The van der Waals surface area contributed by atoms with Crippen LogP contribution >= 0.6 is 0 Å². The van der Waals surface area contributed by atoms with E-state index < -0.39 is 11.7 Å². The highest BCUT2D eigenvalue weighted by Crippen LogP contribution is 2.43. The molecule has 0 aliphatic carbocycles. The molecule has 0 bridgehead atoms. The zero-order valence-corrected chi connectivity index (χ0v) is 20.1. The molecule has 0 saturated heterocycles. The molecule has 0 fully saturated rings. The number of ether oxygens (including phenoxy) is 2. The predicted molar refractivity (Wildman–Crippen MR) is 130 cm³/mol. The first kappa shape index (κ1) is 23.8. The summed E-state index contributed by atoms with van der Waals surface area (Å²) in [5.74, 6) is 0.832. The number of methoxy groups -OCH3 is 1. The van der Waals surface area contributed by atoms with Crippen molar-refractivity contribution < 1.29 is 23.8 Å². The molecule has 1 aliphatic rings. The number of nitrogens with one attached hydrogen (secondary N) is 1. The minimum atomic E-state index is -0.552. The number of aliphatic hydroxyl groups is 1. The van der Waals surface area contributed by atoms with Gasteiger partial charge in [0.05, 0.1) is 37.1 Å². The van der Waals surface area contributed by atoms with E-state index in [2.05, 4.69) is 5.32 Å². The summed E-state index contributed by atoms with van der Waals surface area (Å²) in [5.41, 5.74) is 2.35. The average molecular weight is 466 g/mol. The van der Waals surface area contributed by atoms with Crippen molar-refractivity contribution >= 4 is 16.9 Å². The molecule has 180 valence electrons. The van der Waals surface area contributed by atoms with Gasteiger partial charge in [0.15, 0.2) is 0 Å². The highest BCUT2D eigenvalue weighted by molar-refractivity contribution is 5.93. The van der Waals surface area contributed by atoms with Gasteiger partial charge in [-0.15, -0.1) is 0 Å². The van der Waals surface area contributed by atoms with Gasteiger partial charge in [-0.25, -0.2) is 4.79 Å². The monoisotopic (exact) mass is 465 g/mol. The van der Waals surface area contributed by atoms with Crippen LogP contribution in [-0.4, -0.2) is 36.4 Å². The minimum Gasteiger partial charge on any atom is -0.496 e. The third kappa shape index (κ3) is 4.80. The van der Waals surface area contributed by atoms with Crippen LogP contribution in [-0.2, 0) is 24.1 Å². The van der Waals surface area contributed by atoms with Crippen LogP contribution in [0.5, 0.6) is 11.5 Å². The van der Waals surface area contributed by atoms with Crippen LogP contribution in [0, 0.1) is 6.92 Å². The largest absolute Gasteiger partial charge is 0.496 e. The van der Waals surface area contributed by atoms with Crippen molar-refractivity contribution in [2.45, 2.75) is 58.1 Å². The summed E-state index contributed by atoms with van der Waals surface area (Å²) in [5, 5.41) is 13.3. The van der Waals surface area contributed by atoms with Crippen molar-refractivity contribution in [1.29, 1.82) is 0 Å². The molecule has 1 amide bonds. The van der Waals surface area contributed by atoms with Crippen LogP contribution < -0.4 is 20.4 Å². The summed E-state index contributed by atoms with van der Waals surface area (Å²) in [6, 6.07) is 11.0. The van der Waals surface area contributed by atoms with E-state index in [0.717, 1.165) is 17.5 Å². The molecule has 2 N–H and O–H groups in total. The Morgan fingerprint density at radius 3 is 2.68 bits per heavy atom. The number of amides is 1. The van der Waals surface area contributed by atoms with Gasteiger partial charge in [-0.3, -0.25) is 4.79 Å². The van der Waals surface area contributed by atoms with Crippen molar-refractivity contribution in [3.05, 3.63) is 69.1 Å². The van der Waals surface area contributed by atoms with E-state index in [1.165, 1.54) is 0 Å². The maximum atomic E-state index is 13.0. The lowest BCUT2D eigenvalue weighted by Crippen LogP contribution is -2.40. The third-order valence-corrected chi connectivity index (χ3v) is 6.41. The van der Waals surface area contributed by atoms with Crippen LogP contribution in [0.3, 0.4) is 0 Å². The molecule has 7 nitrogen and oxygen atoms in total. The summed E-state index contributed by atoms with van der Waals surface area (Å²) in [6.45, 7) is 5.64. The standard InChI is InChI=1S/C27H31NO6/c1-16-20(13-23(30)28-18(15-29)12-17-8-6-5-7-9-17)26(31)33-25-19-10-11-27(2,3)34-21(19)14-22(32-4)24(16)25/h5-9,14,18,29H,10-13,15H2,1-4H3,(H,28,30). The second kappa shape index (κ2) is 9.50. The second-order valence-electron chi connectivity index (χ2n) is 9.43. The molecule has 0 spiro atoms. The van der Waals surface area contributed by atoms with E-state index in [0.29, 0.717) is 40.9 Å². The number of aryl methyl sites for hydroxylation is 2. The first-order valence-electron chi connectivity index (χ1n) is 11.5. The van der Waals surface area contributed by atoms with Crippen LogP contribution in [0.4, 0.5) is 0 Å². The highest BCUT2D eigenvalue weighted by atomic mass is 16.5. The van der Waals surface area contributed by atoms with Gasteiger partial charge in [-0.05, 0) is 51.2 Å². The van der Waals surface area contributed by atoms with Crippen molar-refractivity contribution in [3.63, 3.8) is 0 Å². The van der Waals surface area contributed by atoms with Crippen LogP contribution in [0.25, 0.3) is 11.0 Å². The average Bonchev–Trinajstić information content (AvgIpc) is 2.80. The Balaban J connectivity index is 1.64. The SMILES string of the molecule is COc1cc2c(c3oc(=O)c(CC(=O)NC(CO)Cc4ccccc4)c(C)c13)CCC(C)(C)O2. The Morgan fingerprint density at radius 2 is 2.00 bits per heavy atom. The lowest BCUT2D eigenvalue weighted by Gasteiger charge is -2.33. The smallest absolute Gasteiger partial charge is 0.340 e. The van der Waals surface area contributed by atoms with Crippen molar-refractivity contribution in [1.82, 2.24) is 5.32 Å². The van der Waals surface area contributed by atoms with Crippen LogP contribution in [0.15, 0.2) is 45.6 Å². The summed E-state index contributed by atoms with van der Waals surface area (Å²) in [4.78, 5) is 25.8. The van der Waals surface area contributed by atoms with Gasteiger partial charge in [0.1, 0.15) is 22.7 Å². The van der Waals surface area contributed by atoms with Crippen molar-refractivity contribution in [2.24, 2.45) is 0 Å². The van der Waals surface area contributed by atoms with Crippen molar-refractivity contribution in [2.75, 3.05) is 13.7 Å². The Kier molecular flexibility index (Phi) is 6.66. The second-order valence-corrected chi connectivity index (χ2v) is 9.43. The molecule has 1 unspecified atom stereocenters. The number of benzene rings is 2. The summed E-state index contributed by atoms with van der Waals surface area (Å²) < 4.78 is 17.5. The summed E-state index contributed by atoms with van der Waals surface area (Å²) >= 11 is 0. The fraction of sp³-hybridized carbons (Fsp3) is 0.407. The van der Waals surface area contributed by atoms with Gasteiger partial charge in [-0.1, -0.05) is 30.3 Å². The normalized spacial score (nSPS) is 15.3. The molecule has 1 atom stereocenters. The molecular weight excluding hydrogens is 434 g/mol. The number of hydrogen-bond donors (Lipinski definition) is 2. The summed E-state index contributed by atoms with van der Waals surface area (Å²) in [6.07, 6.45) is 1.84. The first-order valence-corrected chi connectivity index (χ1v) is 11.5. The molecule has 2 heterocycles. The molecule has 4 rings (SSSR count). The van der Waals surface area contributed by atoms with E-state index in [9.17, 15) is 14.7 Å². The Hall–Kier alpha value is -3.32. The lowest BCUT2D eigenvalue weighted by atomic mass is 9.91. The molecule has 1 aromatic heterocycles. The molecule has 0 saturated carbocycles. The quantitative estimate of drug-likeness (QED) is 0.519. The maximum absolute atomic E-state index is 13.0. The van der Waals surface area contributed by atoms with E-state index in [-0.39, 0.29) is 30.1 Å². The number of hydrogen-bond acceptors (Lipinski definition) is 6. The molecular formula is C27H31NO6. The zero-order valence-electron chi connectivity index (χ0n) is 20.1. The fourth-order valence-corrected chi connectivity index (χ4v) is 4.55. The Morgan fingerprint density at radius 1 is 1.26 bits per heavy atom. The maximum Gasteiger partial charge on any atom is 0.340 e. The number of rotatable bonds is 7. The van der Waals surface area contributed by atoms with E-state index in [4.69, 9.17) is 13.9 Å². The van der Waals surface area contributed by atoms with E-state index >= 15 is 0 Å². The Bertz CT molecular complexity index is 1260. The number of aliphatic hydroxyl groups excluding tert-OH is 1. The molecule has 34 heavy (non-hydrogen) atoms. The summed E-state index contributed by atoms with van der Waals surface area (Å²) in [7, 11) is 1.56.